The molecule has 0 spiro atoms. The summed E-state index contributed by atoms with van der Waals surface area (Å²) >= 11 is 3.46. The highest BCUT2D eigenvalue weighted by molar-refractivity contribution is 9.10. The van der Waals surface area contributed by atoms with Gasteiger partial charge in [0, 0.05) is 13.1 Å². The zero-order valence-electron chi connectivity index (χ0n) is 9.81. The molecule has 0 saturated heterocycles. The molecule has 0 radical (unpaired) electrons. The van der Waals surface area contributed by atoms with E-state index in [1.54, 1.807) is 11.0 Å². The first-order valence-electron chi connectivity index (χ1n) is 5.76. The number of nitrogens with one attached hydrogen (secondary N) is 1. The van der Waals surface area contributed by atoms with Crippen molar-refractivity contribution in [2.24, 2.45) is 13.0 Å². The lowest BCUT2D eigenvalue weighted by Crippen LogP contribution is -2.18. The number of aromatic nitrogens is 4. The van der Waals surface area contributed by atoms with Crippen LogP contribution >= 0.6 is 15.9 Å². The van der Waals surface area contributed by atoms with Crippen LogP contribution in [0.1, 0.15) is 19.8 Å². The Morgan fingerprint density at radius 2 is 2.24 bits per heavy atom. The maximum absolute atomic E-state index is 4.33. The molecule has 1 fully saturated rings. The van der Waals surface area contributed by atoms with Gasteiger partial charge in [0.25, 0.3) is 0 Å². The highest BCUT2D eigenvalue weighted by Gasteiger charge is 2.28. The molecular formula is C11H14BrN5. The van der Waals surface area contributed by atoms with E-state index in [1.807, 2.05) is 7.05 Å². The van der Waals surface area contributed by atoms with Crippen LogP contribution in [0.2, 0.25) is 0 Å². The van der Waals surface area contributed by atoms with Crippen molar-refractivity contribution in [3.8, 4) is 0 Å². The normalized spacial score (nSPS) is 17.4. The Hall–Kier alpha value is -1.17. The van der Waals surface area contributed by atoms with Gasteiger partial charge in [-0.1, -0.05) is 0 Å². The van der Waals surface area contributed by atoms with Crippen molar-refractivity contribution in [2.45, 2.75) is 25.8 Å². The summed E-state index contributed by atoms with van der Waals surface area (Å²) in [6.45, 7) is 2.20. The molecule has 2 aromatic heterocycles. The van der Waals surface area contributed by atoms with Crippen molar-refractivity contribution < 1.29 is 0 Å². The fourth-order valence-corrected chi connectivity index (χ4v) is 2.68. The summed E-state index contributed by atoms with van der Waals surface area (Å²) in [6, 6.07) is 0.459. The quantitative estimate of drug-likeness (QED) is 0.944. The molecule has 0 aliphatic heterocycles. The standard InChI is InChI=1S/C11H14BrN5/c1-6(7-3-4-7)15-10-8-9(12)16-17(2)11(8)14-5-13-10/h5-7H,3-4H2,1-2H3,(H,13,14,15)/t6-/m1/s1. The highest BCUT2D eigenvalue weighted by Crippen LogP contribution is 2.35. The molecule has 1 N–H and O–H groups in total. The summed E-state index contributed by atoms with van der Waals surface area (Å²) in [4.78, 5) is 8.58. The van der Waals surface area contributed by atoms with E-state index in [-0.39, 0.29) is 0 Å². The summed E-state index contributed by atoms with van der Waals surface area (Å²) in [5.74, 6) is 1.66. The monoisotopic (exact) mass is 295 g/mol. The molecule has 2 heterocycles. The van der Waals surface area contributed by atoms with Gasteiger partial charge < -0.3 is 5.32 Å². The van der Waals surface area contributed by atoms with Gasteiger partial charge in [0.15, 0.2) is 5.65 Å². The molecule has 1 atom stereocenters. The van der Waals surface area contributed by atoms with Crippen molar-refractivity contribution in [1.29, 1.82) is 0 Å². The van der Waals surface area contributed by atoms with E-state index in [4.69, 9.17) is 0 Å². The summed E-state index contributed by atoms with van der Waals surface area (Å²) in [5.41, 5.74) is 0.845. The molecule has 90 valence electrons. The van der Waals surface area contributed by atoms with Gasteiger partial charge in [-0.3, -0.25) is 0 Å². The first kappa shape index (κ1) is 11.0. The largest absolute Gasteiger partial charge is 0.367 e. The minimum atomic E-state index is 0.459. The first-order chi connectivity index (χ1) is 8.16. The number of fused-ring (bicyclic) bond motifs is 1. The summed E-state index contributed by atoms with van der Waals surface area (Å²) in [7, 11) is 1.88. The number of aryl methyl sites for hydroxylation is 1. The van der Waals surface area contributed by atoms with Crippen LogP contribution < -0.4 is 5.32 Å². The van der Waals surface area contributed by atoms with Crippen molar-refractivity contribution in [3.05, 3.63) is 10.9 Å². The minimum absolute atomic E-state index is 0.459. The average Bonchev–Trinajstić information content (AvgIpc) is 3.08. The van der Waals surface area contributed by atoms with E-state index >= 15 is 0 Å². The fraction of sp³-hybridized carbons (Fsp3) is 0.545. The number of rotatable bonds is 3. The molecule has 2 aromatic rings. The Labute approximate surface area is 108 Å². The van der Waals surface area contributed by atoms with Crippen LogP contribution in [0.3, 0.4) is 0 Å². The van der Waals surface area contributed by atoms with Gasteiger partial charge >= 0.3 is 0 Å². The van der Waals surface area contributed by atoms with Crippen LogP contribution in [-0.4, -0.2) is 25.8 Å². The third-order valence-electron chi connectivity index (χ3n) is 3.27. The van der Waals surface area contributed by atoms with E-state index in [2.05, 4.69) is 43.2 Å². The maximum atomic E-state index is 4.33. The predicted octanol–water partition coefficient (Wildman–Crippen LogP) is 2.34. The maximum Gasteiger partial charge on any atom is 0.164 e. The molecule has 0 bridgehead atoms. The number of nitrogens with zero attached hydrogens (tertiary/aromatic N) is 4. The second-order valence-electron chi connectivity index (χ2n) is 4.61. The van der Waals surface area contributed by atoms with Gasteiger partial charge in [0.05, 0.1) is 5.39 Å². The minimum Gasteiger partial charge on any atom is -0.367 e. The predicted molar refractivity (Wildman–Crippen MR) is 69.8 cm³/mol. The van der Waals surface area contributed by atoms with Gasteiger partial charge in [0.2, 0.25) is 0 Å². The fourth-order valence-electron chi connectivity index (χ4n) is 2.08. The highest BCUT2D eigenvalue weighted by atomic mass is 79.9. The van der Waals surface area contributed by atoms with E-state index < -0.39 is 0 Å². The molecule has 0 unspecified atom stereocenters. The molecule has 5 nitrogen and oxygen atoms in total. The van der Waals surface area contributed by atoms with Crippen LogP contribution in [0.15, 0.2) is 10.9 Å². The second kappa shape index (κ2) is 3.94. The number of halogens is 1. The Morgan fingerprint density at radius 1 is 1.47 bits per heavy atom. The Bertz CT molecular complexity index is 560. The van der Waals surface area contributed by atoms with Crippen molar-refractivity contribution in [1.82, 2.24) is 19.7 Å². The average molecular weight is 296 g/mol. The van der Waals surface area contributed by atoms with E-state index in [0.717, 1.165) is 27.4 Å². The van der Waals surface area contributed by atoms with E-state index in [0.29, 0.717) is 6.04 Å². The third-order valence-corrected chi connectivity index (χ3v) is 3.83. The molecule has 17 heavy (non-hydrogen) atoms. The lowest BCUT2D eigenvalue weighted by atomic mass is 10.2. The second-order valence-corrected chi connectivity index (χ2v) is 5.36. The Kier molecular flexibility index (Phi) is 2.54. The lowest BCUT2D eigenvalue weighted by Gasteiger charge is -2.13. The van der Waals surface area contributed by atoms with Crippen LogP contribution in [0.25, 0.3) is 11.0 Å². The molecule has 1 aliphatic rings. The topological polar surface area (TPSA) is 55.6 Å². The Balaban J connectivity index is 2.03. The molecule has 1 saturated carbocycles. The van der Waals surface area contributed by atoms with Crippen molar-refractivity contribution in [2.75, 3.05) is 5.32 Å². The zero-order valence-corrected chi connectivity index (χ0v) is 11.4. The molecule has 0 aromatic carbocycles. The van der Waals surface area contributed by atoms with Gasteiger partial charge in [-0.15, -0.1) is 0 Å². The van der Waals surface area contributed by atoms with Crippen LogP contribution in [0.4, 0.5) is 5.82 Å². The van der Waals surface area contributed by atoms with Crippen molar-refractivity contribution >= 4 is 32.8 Å². The molecular weight excluding hydrogens is 282 g/mol. The summed E-state index contributed by atoms with van der Waals surface area (Å²) in [5, 5.41) is 8.74. The SMILES string of the molecule is C[C@@H](Nc1ncnc2c1c(Br)nn2C)C1CC1. The smallest absolute Gasteiger partial charge is 0.164 e. The van der Waals surface area contributed by atoms with E-state index in [1.165, 1.54) is 12.8 Å². The number of hydrogen-bond donors (Lipinski definition) is 1. The van der Waals surface area contributed by atoms with Crippen LogP contribution in [0.5, 0.6) is 0 Å². The molecule has 6 heteroatoms. The van der Waals surface area contributed by atoms with Gasteiger partial charge in [0.1, 0.15) is 16.7 Å². The number of anilines is 1. The number of hydrogen-bond acceptors (Lipinski definition) is 4. The summed E-state index contributed by atoms with van der Waals surface area (Å²) < 4.78 is 2.55. The Morgan fingerprint density at radius 3 is 2.94 bits per heavy atom. The van der Waals surface area contributed by atoms with Crippen LogP contribution in [-0.2, 0) is 7.05 Å². The first-order valence-corrected chi connectivity index (χ1v) is 6.56. The molecule has 3 rings (SSSR count). The van der Waals surface area contributed by atoms with Gasteiger partial charge in [-0.25, -0.2) is 14.6 Å². The summed E-state index contributed by atoms with van der Waals surface area (Å²) in [6.07, 6.45) is 4.21. The van der Waals surface area contributed by atoms with Gasteiger partial charge in [-0.2, -0.15) is 5.10 Å². The molecule has 1 aliphatic carbocycles. The van der Waals surface area contributed by atoms with Crippen molar-refractivity contribution in [3.63, 3.8) is 0 Å². The third kappa shape index (κ3) is 1.90. The lowest BCUT2D eigenvalue weighted by molar-refractivity contribution is 0.691. The van der Waals surface area contributed by atoms with Crippen LogP contribution in [0, 0.1) is 5.92 Å². The van der Waals surface area contributed by atoms with E-state index in [9.17, 15) is 0 Å². The zero-order chi connectivity index (χ0) is 12.0. The van der Waals surface area contributed by atoms with Gasteiger partial charge in [-0.05, 0) is 41.6 Å². The molecule has 0 amide bonds.